The van der Waals surface area contributed by atoms with Crippen LogP contribution in [0.15, 0.2) is 29.2 Å². The van der Waals surface area contributed by atoms with E-state index in [1.807, 2.05) is 6.92 Å². The summed E-state index contributed by atoms with van der Waals surface area (Å²) in [7, 11) is -0.260. The van der Waals surface area contributed by atoms with Crippen LogP contribution >= 0.6 is 0 Å². The normalized spacial score (nSPS) is 11.7. The molecule has 0 aliphatic heterocycles. The van der Waals surface area contributed by atoms with Gasteiger partial charge in [-0.15, -0.1) is 0 Å². The third kappa shape index (κ3) is 2.70. The summed E-state index contributed by atoms with van der Waals surface area (Å²) in [6, 6.07) is 6.74. The van der Waals surface area contributed by atoms with E-state index in [1.165, 1.54) is 18.4 Å². The summed E-state index contributed by atoms with van der Waals surface area (Å²) in [5.41, 5.74) is 0.926. The molecule has 1 rings (SSSR count). The third-order valence-electron chi connectivity index (χ3n) is 2.01. The molecular weight excluding hydrogens is 212 g/mol. The molecular formula is C10H16N2O2S. The van der Waals surface area contributed by atoms with E-state index in [2.05, 4.69) is 5.32 Å². The summed E-state index contributed by atoms with van der Waals surface area (Å²) in [5.74, 6) is 0. The van der Waals surface area contributed by atoms with Gasteiger partial charge < -0.3 is 5.32 Å². The molecule has 0 unspecified atom stereocenters. The van der Waals surface area contributed by atoms with Gasteiger partial charge in [-0.2, -0.15) is 0 Å². The summed E-state index contributed by atoms with van der Waals surface area (Å²) in [6.07, 6.45) is 0. The lowest BCUT2D eigenvalue weighted by Gasteiger charge is -2.11. The maximum Gasteiger partial charge on any atom is 0.242 e. The quantitative estimate of drug-likeness (QED) is 0.846. The van der Waals surface area contributed by atoms with E-state index in [0.29, 0.717) is 4.90 Å². The van der Waals surface area contributed by atoms with Crippen molar-refractivity contribution in [2.24, 2.45) is 0 Å². The Hall–Kier alpha value is -1.07. The molecule has 0 bridgehead atoms. The van der Waals surface area contributed by atoms with Crippen LogP contribution in [0.5, 0.6) is 0 Å². The maximum atomic E-state index is 11.7. The molecule has 0 spiro atoms. The fraction of sp³-hybridized carbons (Fsp3) is 0.400. The SMILES string of the molecule is CCNc1ccc(S(=O)(=O)N(C)C)cc1. The van der Waals surface area contributed by atoms with Crippen LogP contribution < -0.4 is 5.32 Å². The van der Waals surface area contributed by atoms with Gasteiger partial charge >= 0.3 is 0 Å². The Labute approximate surface area is 91.0 Å². The summed E-state index contributed by atoms with van der Waals surface area (Å²) in [4.78, 5) is 0.314. The average molecular weight is 228 g/mol. The minimum atomic E-state index is -3.30. The zero-order valence-corrected chi connectivity index (χ0v) is 10.0. The summed E-state index contributed by atoms with van der Waals surface area (Å²) < 4.78 is 24.6. The number of nitrogens with zero attached hydrogens (tertiary/aromatic N) is 1. The van der Waals surface area contributed by atoms with E-state index in [4.69, 9.17) is 0 Å². The molecule has 0 aliphatic carbocycles. The van der Waals surface area contributed by atoms with Crippen LogP contribution in [0, 0.1) is 0 Å². The highest BCUT2D eigenvalue weighted by Gasteiger charge is 2.16. The van der Waals surface area contributed by atoms with Gasteiger partial charge in [-0.3, -0.25) is 0 Å². The molecule has 5 heteroatoms. The Kier molecular flexibility index (Phi) is 3.71. The van der Waals surface area contributed by atoms with Crippen molar-refractivity contribution in [2.75, 3.05) is 26.0 Å². The molecule has 0 heterocycles. The lowest BCUT2D eigenvalue weighted by atomic mass is 10.3. The molecule has 0 radical (unpaired) electrons. The zero-order chi connectivity index (χ0) is 11.5. The first-order chi connectivity index (χ1) is 6.98. The van der Waals surface area contributed by atoms with Gasteiger partial charge in [-0.1, -0.05) is 0 Å². The third-order valence-corrected chi connectivity index (χ3v) is 3.84. The molecule has 1 N–H and O–H groups in total. The van der Waals surface area contributed by atoms with Crippen LogP contribution in [0.2, 0.25) is 0 Å². The topological polar surface area (TPSA) is 49.4 Å². The van der Waals surface area contributed by atoms with E-state index in [1.54, 1.807) is 24.3 Å². The molecule has 1 aromatic rings. The Bertz CT molecular complexity index is 410. The second-order valence-electron chi connectivity index (χ2n) is 3.34. The Morgan fingerprint density at radius 3 is 2.13 bits per heavy atom. The van der Waals surface area contributed by atoms with Crippen molar-refractivity contribution in [1.29, 1.82) is 0 Å². The van der Waals surface area contributed by atoms with Gasteiger partial charge in [0.1, 0.15) is 0 Å². The van der Waals surface area contributed by atoms with Gasteiger partial charge in [0.05, 0.1) is 4.90 Å². The molecule has 0 atom stereocenters. The molecule has 0 saturated carbocycles. The van der Waals surface area contributed by atoms with Gasteiger partial charge in [0.15, 0.2) is 0 Å². The molecule has 0 amide bonds. The van der Waals surface area contributed by atoms with Crippen molar-refractivity contribution >= 4 is 15.7 Å². The highest BCUT2D eigenvalue weighted by molar-refractivity contribution is 7.89. The Morgan fingerprint density at radius 2 is 1.73 bits per heavy atom. The van der Waals surface area contributed by atoms with E-state index in [-0.39, 0.29) is 0 Å². The van der Waals surface area contributed by atoms with Crippen LogP contribution in [-0.4, -0.2) is 33.4 Å². The van der Waals surface area contributed by atoms with Crippen molar-refractivity contribution in [2.45, 2.75) is 11.8 Å². The Balaban J connectivity index is 2.99. The van der Waals surface area contributed by atoms with Crippen molar-refractivity contribution in [3.8, 4) is 0 Å². The predicted molar refractivity (Wildman–Crippen MR) is 61.5 cm³/mol. The van der Waals surface area contributed by atoms with E-state index < -0.39 is 10.0 Å². The predicted octanol–water partition coefficient (Wildman–Crippen LogP) is 1.37. The monoisotopic (exact) mass is 228 g/mol. The number of benzene rings is 1. The number of sulfonamides is 1. The van der Waals surface area contributed by atoms with E-state index in [0.717, 1.165) is 12.2 Å². The molecule has 84 valence electrons. The van der Waals surface area contributed by atoms with Crippen molar-refractivity contribution in [3.05, 3.63) is 24.3 Å². The second-order valence-corrected chi connectivity index (χ2v) is 5.49. The summed E-state index contributed by atoms with van der Waals surface area (Å²) in [5, 5.41) is 3.11. The molecule has 4 nitrogen and oxygen atoms in total. The fourth-order valence-corrected chi connectivity index (χ4v) is 2.06. The van der Waals surface area contributed by atoms with Crippen molar-refractivity contribution < 1.29 is 8.42 Å². The van der Waals surface area contributed by atoms with Gasteiger partial charge in [0, 0.05) is 26.3 Å². The lowest BCUT2D eigenvalue weighted by molar-refractivity contribution is 0.521. The highest BCUT2D eigenvalue weighted by Crippen LogP contribution is 2.16. The minimum absolute atomic E-state index is 0.314. The maximum absolute atomic E-state index is 11.7. The average Bonchev–Trinajstić information content (AvgIpc) is 2.19. The van der Waals surface area contributed by atoms with Crippen LogP contribution in [0.3, 0.4) is 0 Å². The number of hydrogen-bond donors (Lipinski definition) is 1. The summed E-state index contributed by atoms with van der Waals surface area (Å²) >= 11 is 0. The second kappa shape index (κ2) is 4.63. The largest absolute Gasteiger partial charge is 0.385 e. The molecule has 15 heavy (non-hydrogen) atoms. The van der Waals surface area contributed by atoms with E-state index in [9.17, 15) is 8.42 Å². The number of hydrogen-bond acceptors (Lipinski definition) is 3. The van der Waals surface area contributed by atoms with Crippen LogP contribution in [0.25, 0.3) is 0 Å². The van der Waals surface area contributed by atoms with Crippen LogP contribution in [-0.2, 0) is 10.0 Å². The minimum Gasteiger partial charge on any atom is -0.385 e. The van der Waals surface area contributed by atoms with Gasteiger partial charge in [-0.25, -0.2) is 12.7 Å². The number of nitrogens with one attached hydrogen (secondary N) is 1. The Morgan fingerprint density at radius 1 is 1.20 bits per heavy atom. The van der Waals surface area contributed by atoms with Crippen molar-refractivity contribution in [1.82, 2.24) is 4.31 Å². The zero-order valence-electron chi connectivity index (χ0n) is 9.19. The van der Waals surface area contributed by atoms with Crippen LogP contribution in [0.4, 0.5) is 5.69 Å². The first kappa shape index (κ1) is 12.0. The fourth-order valence-electron chi connectivity index (χ4n) is 1.16. The molecule has 1 aromatic carbocycles. The van der Waals surface area contributed by atoms with Crippen molar-refractivity contribution in [3.63, 3.8) is 0 Å². The molecule has 0 aromatic heterocycles. The molecule has 0 saturated heterocycles. The first-order valence-electron chi connectivity index (χ1n) is 4.75. The number of anilines is 1. The lowest BCUT2D eigenvalue weighted by Crippen LogP contribution is -2.22. The van der Waals surface area contributed by atoms with Crippen LogP contribution in [0.1, 0.15) is 6.92 Å². The standard InChI is InChI=1S/C10H16N2O2S/c1-4-11-9-5-7-10(8-6-9)15(13,14)12(2)3/h5-8,11H,4H2,1-3H3. The highest BCUT2D eigenvalue weighted by atomic mass is 32.2. The van der Waals surface area contributed by atoms with Gasteiger partial charge in [0.2, 0.25) is 10.0 Å². The first-order valence-corrected chi connectivity index (χ1v) is 6.19. The van der Waals surface area contributed by atoms with Gasteiger partial charge in [-0.05, 0) is 31.2 Å². The molecule has 0 aliphatic rings. The molecule has 0 fully saturated rings. The number of rotatable bonds is 4. The smallest absolute Gasteiger partial charge is 0.242 e. The van der Waals surface area contributed by atoms with Gasteiger partial charge in [0.25, 0.3) is 0 Å². The van der Waals surface area contributed by atoms with E-state index >= 15 is 0 Å². The summed E-state index contributed by atoms with van der Waals surface area (Å²) in [6.45, 7) is 2.81.